The van der Waals surface area contributed by atoms with Crippen LogP contribution in [0.5, 0.6) is 0 Å². The number of hydrogen-bond acceptors (Lipinski definition) is 1. The first-order valence-electron chi connectivity index (χ1n) is 5.36. The van der Waals surface area contributed by atoms with Crippen LogP contribution >= 0.6 is 0 Å². The van der Waals surface area contributed by atoms with Crippen LogP contribution in [0.1, 0.15) is 37.7 Å². The highest BCUT2D eigenvalue weighted by molar-refractivity contribution is 5.27. The Labute approximate surface area is 88.3 Å². The topological polar surface area (TPSA) is 26.0 Å². The third kappa shape index (κ3) is 2.02. The molecule has 0 atom stereocenters. The van der Waals surface area contributed by atoms with Crippen molar-refractivity contribution in [1.29, 1.82) is 0 Å². The minimum Gasteiger partial charge on any atom is -0.321 e. The summed E-state index contributed by atoms with van der Waals surface area (Å²) in [5.41, 5.74) is 6.04. The second-order valence-corrected chi connectivity index (χ2v) is 4.34. The van der Waals surface area contributed by atoms with Gasteiger partial charge in [0.05, 0.1) is 0 Å². The summed E-state index contributed by atoms with van der Waals surface area (Å²) in [4.78, 5) is 0. The van der Waals surface area contributed by atoms with Crippen LogP contribution in [0.2, 0.25) is 0 Å². The predicted octanol–water partition coefficient (Wildman–Crippen LogP) is 3.08. The smallest absolute Gasteiger partial charge is 0.131 e. The number of halogens is 2. The first-order valence-corrected chi connectivity index (χ1v) is 5.36. The lowest BCUT2D eigenvalue weighted by Gasteiger charge is -2.34. The van der Waals surface area contributed by atoms with Gasteiger partial charge in [-0.2, -0.15) is 0 Å². The molecule has 1 aromatic rings. The van der Waals surface area contributed by atoms with E-state index in [1.54, 1.807) is 0 Å². The van der Waals surface area contributed by atoms with Crippen molar-refractivity contribution in [3.63, 3.8) is 0 Å². The van der Waals surface area contributed by atoms with Crippen molar-refractivity contribution in [2.45, 2.75) is 37.6 Å². The van der Waals surface area contributed by atoms with Crippen molar-refractivity contribution in [2.75, 3.05) is 0 Å². The van der Waals surface area contributed by atoms with Crippen molar-refractivity contribution in [3.05, 3.63) is 35.4 Å². The van der Waals surface area contributed by atoms with Gasteiger partial charge in [-0.25, -0.2) is 8.78 Å². The fourth-order valence-corrected chi connectivity index (χ4v) is 2.35. The molecule has 0 amide bonds. The van der Waals surface area contributed by atoms with Crippen LogP contribution in [0.4, 0.5) is 8.78 Å². The zero-order chi connectivity index (χ0) is 10.9. The van der Waals surface area contributed by atoms with Crippen LogP contribution in [-0.4, -0.2) is 0 Å². The van der Waals surface area contributed by atoms with Gasteiger partial charge in [0.1, 0.15) is 11.6 Å². The van der Waals surface area contributed by atoms with E-state index in [0.29, 0.717) is 5.56 Å². The second-order valence-electron chi connectivity index (χ2n) is 4.34. The summed E-state index contributed by atoms with van der Waals surface area (Å²) in [6.07, 6.45) is 4.77. The third-order valence-electron chi connectivity index (χ3n) is 3.21. The Morgan fingerprint density at radius 2 is 1.73 bits per heavy atom. The van der Waals surface area contributed by atoms with Crippen LogP contribution in [-0.2, 0) is 5.54 Å². The molecule has 0 aliphatic heterocycles. The first kappa shape index (κ1) is 10.6. The SMILES string of the molecule is NC1(c2ccc(F)cc2F)CCCCC1. The van der Waals surface area contributed by atoms with E-state index in [1.165, 1.54) is 12.1 Å². The van der Waals surface area contributed by atoms with Gasteiger partial charge >= 0.3 is 0 Å². The molecule has 0 radical (unpaired) electrons. The molecule has 82 valence electrons. The van der Waals surface area contributed by atoms with Gasteiger partial charge in [0, 0.05) is 17.2 Å². The van der Waals surface area contributed by atoms with Gasteiger partial charge in [0.2, 0.25) is 0 Å². The maximum absolute atomic E-state index is 13.6. The molecule has 0 spiro atoms. The molecule has 1 aliphatic rings. The molecular weight excluding hydrogens is 196 g/mol. The Kier molecular flexibility index (Phi) is 2.74. The highest BCUT2D eigenvalue weighted by Gasteiger charge is 2.31. The van der Waals surface area contributed by atoms with Gasteiger partial charge in [0.25, 0.3) is 0 Å². The summed E-state index contributed by atoms with van der Waals surface area (Å²) in [6.45, 7) is 0. The van der Waals surface area contributed by atoms with Gasteiger partial charge in [-0.05, 0) is 18.9 Å². The molecule has 2 rings (SSSR count). The van der Waals surface area contributed by atoms with E-state index in [2.05, 4.69) is 0 Å². The fourth-order valence-electron chi connectivity index (χ4n) is 2.35. The monoisotopic (exact) mass is 211 g/mol. The van der Waals surface area contributed by atoms with Crippen LogP contribution in [0.15, 0.2) is 18.2 Å². The summed E-state index contributed by atoms with van der Waals surface area (Å²) in [6, 6.07) is 3.68. The number of nitrogens with two attached hydrogens (primary N) is 1. The van der Waals surface area contributed by atoms with E-state index in [1.807, 2.05) is 0 Å². The lowest BCUT2D eigenvalue weighted by Crippen LogP contribution is -2.39. The standard InChI is InChI=1S/C12H15F2N/c13-9-4-5-10(11(14)8-9)12(15)6-2-1-3-7-12/h4-5,8H,1-3,6-7,15H2. The van der Waals surface area contributed by atoms with Crippen molar-refractivity contribution in [3.8, 4) is 0 Å². The van der Waals surface area contributed by atoms with Crippen LogP contribution in [0.3, 0.4) is 0 Å². The fraction of sp³-hybridized carbons (Fsp3) is 0.500. The molecule has 0 aromatic heterocycles. The zero-order valence-corrected chi connectivity index (χ0v) is 8.60. The Hall–Kier alpha value is -0.960. The lowest BCUT2D eigenvalue weighted by molar-refractivity contribution is 0.292. The van der Waals surface area contributed by atoms with Crippen molar-refractivity contribution in [1.82, 2.24) is 0 Å². The first-order chi connectivity index (χ1) is 7.12. The summed E-state index contributed by atoms with van der Waals surface area (Å²) in [5.74, 6) is -1.06. The van der Waals surface area contributed by atoms with E-state index >= 15 is 0 Å². The molecular formula is C12H15F2N. The summed E-state index contributed by atoms with van der Waals surface area (Å²) < 4.78 is 26.3. The van der Waals surface area contributed by atoms with Crippen molar-refractivity contribution in [2.24, 2.45) is 5.73 Å². The molecule has 1 saturated carbocycles. The number of benzene rings is 1. The molecule has 2 N–H and O–H groups in total. The summed E-state index contributed by atoms with van der Waals surface area (Å²) in [7, 11) is 0. The maximum Gasteiger partial charge on any atom is 0.131 e. The van der Waals surface area contributed by atoms with Gasteiger partial charge in [-0.3, -0.25) is 0 Å². The zero-order valence-electron chi connectivity index (χ0n) is 8.60. The van der Waals surface area contributed by atoms with Gasteiger partial charge in [0.15, 0.2) is 0 Å². The van der Waals surface area contributed by atoms with Gasteiger partial charge in [-0.1, -0.05) is 25.3 Å². The van der Waals surface area contributed by atoms with Gasteiger partial charge in [-0.15, -0.1) is 0 Å². The van der Waals surface area contributed by atoms with E-state index in [-0.39, 0.29) is 0 Å². The van der Waals surface area contributed by atoms with Crippen molar-refractivity contribution < 1.29 is 8.78 Å². The van der Waals surface area contributed by atoms with Crippen molar-refractivity contribution >= 4 is 0 Å². The lowest BCUT2D eigenvalue weighted by atomic mass is 9.77. The predicted molar refractivity (Wildman–Crippen MR) is 55.3 cm³/mol. The Bertz CT molecular complexity index is 357. The molecule has 0 unspecified atom stereocenters. The molecule has 1 fully saturated rings. The Balaban J connectivity index is 2.35. The van der Waals surface area contributed by atoms with E-state index in [0.717, 1.165) is 38.2 Å². The third-order valence-corrected chi connectivity index (χ3v) is 3.21. The molecule has 0 bridgehead atoms. The van der Waals surface area contributed by atoms with E-state index < -0.39 is 17.2 Å². The Morgan fingerprint density at radius 3 is 2.33 bits per heavy atom. The summed E-state index contributed by atoms with van der Waals surface area (Å²) >= 11 is 0. The minimum atomic E-state index is -0.587. The van der Waals surface area contributed by atoms with Gasteiger partial charge < -0.3 is 5.73 Å². The largest absolute Gasteiger partial charge is 0.321 e. The second kappa shape index (κ2) is 3.89. The highest BCUT2D eigenvalue weighted by Crippen LogP contribution is 2.35. The van der Waals surface area contributed by atoms with Crippen LogP contribution < -0.4 is 5.73 Å². The number of rotatable bonds is 1. The molecule has 1 aliphatic carbocycles. The summed E-state index contributed by atoms with van der Waals surface area (Å²) in [5, 5.41) is 0. The van der Waals surface area contributed by atoms with E-state index in [4.69, 9.17) is 5.73 Å². The quantitative estimate of drug-likeness (QED) is 0.759. The average Bonchev–Trinajstić information content (AvgIpc) is 2.18. The van der Waals surface area contributed by atoms with Crippen LogP contribution in [0.25, 0.3) is 0 Å². The molecule has 1 aromatic carbocycles. The normalized spacial score (nSPS) is 20.2. The van der Waals surface area contributed by atoms with Crippen LogP contribution in [0, 0.1) is 11.6 Å². The Morgan fingerprint density at radius 1 is 1.07 bits per heavy atom. The van der Waals surface area contributed by atoms with E-state index in [9.17, 15) is 8.78 Å². The average molecular weight is 211 g/mol. The molecule has 0 heterocycles. The molecule has 15 heavy (non-hydrogen) atoms. The minimum absolute atomic E-state index is 0.462. The molecule has 0 saturated heterocycles. The number of hydrogen-bond donors (Lipinski definition) is 1. The highest BCUT2D eigenvalue weighted by atomic mass is 19.1. The maximum atomic E-state index is 13.6. The molecule has 1 nitrogen and oxygen atoms in total. The molecule has 3 heteroatoms.